The molecule has 0 radical (unpaired) electrons. The summed E-state index contributed by atoms with van der Waals surface area (Å²) in [5.74, 6) is -0.909. The maximum absolute atomic E-state index is 11.1. The molecule has 0 amide bonds. The molecule has 1 aromatic carbocycles. The molecular formula is C13H19NO3. The second-order valence-corrected chi connectivity index (χ2v) is 4.79. The highest BCUT2D eigenvalue weighted by Crippen LogP contribution is 2.13. The zero-order chi connectivity index (χ0) is 12.9. The second-order valence-electron chi connectivity index (χ2n) is 4.79. The van der Waals surface area contributed by atoms with Gasteiger partial charge >= 0.3 is 5.97 Å². The van der Waals surface area contributed by atoms with Crippen LogP contribution in [0.15, 0.2) is 30.3 Å². The van der Waals surface area contributed by atoms with Crippen molar-refractivity contribution in [3.05, 3.63) is 35.9 Å². The van der Waals surface area contributed by atoms with E-state index >= 15 is 0 Å². The summed E-state index contributed by atoms with van der Waals surface area (Å²) in [5, 5.41) is 12.0. The Labute approximate surface area is 102 Å². The van der Waals surface area contributed by atoms with Crippen LogP contribution in [0.1, 0.15) is 32.4 Å². The van der Waals surface area contributed by atoms with Gasteiger partial charge in [0, 0.05) is 0 Å². The average molecular weight is 237 g/mol. The largest absolute Gasteiger partial charge is 0.480 e. The van der Waals surface area contributed by atoms with Gasteiger partial charge < -0.3 is 9.84 Å². The molecule has 0 bridgehead atoms. The average Bonchev–Trinajstić information content (AvgIpc) is 2.23. The minimum atomic E-state index is -0.909. The van der Waals surface area contributed by atoms with Crippen LogP contribution in [0.25, 0.3) is 0 Å². The summed E-state index contributed by atoms with van der Waals surface area (Å²) in [6.45, 7) is 5.97. The molecule has 0 saturated heterocycles. The number of aliphatic carboxylic acids is 1. The molecule has 0 fully saturated rings. The summed E-state index contributed by atoms with van der Waals surface area (Å²) in [6, 6.07) is 8.31. The highest BCUT2D eigenvalue weighted by Gasteiger charge is 2.19. The minimum Gasteiger partial charge on any atom is -0.480 e. The van der Waals surface area contributed by atoms with E-state index in [2.05, 4.69) is 5.32 Å². The van der Waals surface area contributed by atoms with Crippen molar-refractivity contribution in [3.63, 3.8) is 0 Å². The van der Waals surface area contributed by atoms with Gasteiger partial charge in [-0.2, -0.15) is 0 Å². The Bertz CT molecular complexity index is 357. The lowest BCUT2D eigenvalue weighted by Crippen LogP contribution is -2.34. The van der Waals surface area contributed by atoms with E-state index in [0.29, 0.717) is 0 Å². The van der Waals surface area contributed by atoms with Crippen LogP contribution in [0, 0.1) is 0 Å². The molecule has 0 aliphatic heterocycles. The number of carboxylic acids is 1. The molecule has 0 saturated carbocycles. The van der Waals surface area contributed by atoms with Gasteiger partial charge in [0.2, 0.25) is 0 Å². The first-order valence-electron chi connectivity index (χ1n) is 5.55. The summed E-state index contributed by atoms with van der Waals surface area (Å²) in [5.41, 5.74) is 0.435. The molecular weight excluding hydrogens is 218 g/mol. The molecule has 4 nitrogen and oxygen atoms in total. The molecule has 0 unspecified atom stereocenters. The van der Waals surface area contributed by atoms with E-state index in [4.69, 9.17) is 9.84 Å². The predicted octanol–water partition coefficient (Wildman–Crippen LogP) is 2.17. The van der Waals surface area contributed by atoms with Crippen molar-refractivity contribution in [1.29, 1.82) is 0 Å². The first-order chi connectivity index (χ1) is 7.90. The summed E-state index contributed by atoms with van der Waals surface area (Å²) in [4.78, 5) is 11.1. The van der Waals surface area contributed by atoms with Gasteiger partial charge in [-0.1, -0.05) is 30.3 Å². The maximum atomic E-state index is 11.1. The number of ether oxygens (including phenoxy) is 1. The van der Waals surface area contributed by atoms with E-state index < -0.39 is 12.0 Å². The molecule has 1 aromatic rings. The van der Waals surface area contributed by atoms with E-state index in [1.165, 1.54) is 0 Å². The molecule has 0 spiro atoms. The Morgan fingerprint density at radius 2 is 1.94 bits per heavy atom. The Kier molecular flexibility index (Phi) is 4.66. The standard InChI is InChI=1S/C13H19NO3/c1-13(2,3)17-9-14-11(12(15)16)10-7-5-4-6-8-10/h4-8,11,14H,9H2,1-3H3,(H,15,16)/t11-/m0/s1. The Balaban J connectivity index is 2.60. The van der Waals surface area contributed by atoms with Crippen LogP contribution >= 0.6 is 0 Å². The second kappa shape index (κ2) is 5.80. The van der Waals surface area contributed by atoms with Crippen molar-refractivity contribution in [2.45, 2.75) is 32.4 Å². The van der Waals surface area contributed by atoms with Crippen molar-refractivity contribution in [3.8, 4) is 0 Å². The van der Waals surface area contributed by atoms with E-state index in [0.717, 1.165) is 5.56 Å². The molecule has 1 atom stereocenters. The summed E-state index contributed by atoms with van der Waals surface area (Å²) < 4.78 is 5.46. The number of nitrogens with one attached hydrogen (secondary N) is 1. The molecule has 0 aliphatic carbocycles. The van der Waals surface area contributed by atoms with Crippen molar-refractivity contribution in [1.82, 2.24) is 5.32 Å². The van der Waals surface area contributed by atoms with Crippen LogP contribution in [-0.4, -0.2) is 23.4 Å². The first kappa shape index (κ1) is 13.7. The van der Waals surface area contributed by atoms with Gasteiger partial charge in [0.15, 0.2) is 0 Å². The molecule has 1 rings (SSSR count). The quantitative estimate of drug-likeness (QED) is 0.771. The maximum Gasteiger partial charge on any atom is 0.325 e. The van der Waals surface area contributed by atoms with Crippen molar-refractivity contribution >= 4 is 5.97 Å². The summed E-state index contributed by atoms with van der Waals surface area (Å²) in [6.07, 6.45) is 0. The molecule has 0 heterocycles. The Hall–Kier alpha value is -1.39. The third kappa shape index (κ3) is 4.97. The Morgan fingerprint density at radius 3 is 2.41 bits per heavy atom. The van der Waals surface area contributed by atoms with Gasteiger partial charge in [-0.15, -0.1) is 0 Å². The zero-order valence-electron chi connectivity index (χ0n) is 10.4. The van der Waals surface area contributed by atoms with E-state index in [-0.39, 0.29) is 12.3 Å². The van der Waals surface area contributed by atoms with E-state index in [9.17, 15) is 4.79 Å². The van der Waals surface area contributed by atoms with Crippen molar-refractivity contribution < 1.29 is 14.6 Å². The molecule has 2 N–H and O–H groups in total. The van der Waals surface area contributed by atoms with Crippen molar-refractivity contribution in [2.75, 3.05) is 6.73 Å². The Morgan fingerprint density at radius 1 is 1.35 bits per heavy atom. The van der Waals surface area contributed by atoms with Gasteiger partial charge in [-0.05, 0) is 26.3 Å². The topological polar surface area (TPSA) is 58.6 Å². The molecule has 17 heavy (non-hydrogen) atoms. The normalized spacial score (nSPS) is 13.4. The third-order valence-corrected chi connectivity index (χ3v) is 2.17. The van der Waals surface area contributed by atoms with Gasteiger partial charge in [-0.3, -0.25) is 10.1 Å². The first-order valence-corrected chi connectivity index (χ1v) is 5.55. The highest BCUT2D eigenvalue weighted by atomic mass is 16.5. The smallest absolute Gasteiger partial charge is 0.325 e. The number of carboxylic acid groups (broad SMARTS) is 1. The zero-order valence-corrected chi connectivity index (χ0v) is 10.4. The fraction of sp³-hybridized carbons (Fsp3) is 0.462. The van der Waals surface area contributed by atoms with Crippen LogP contribution in [0.4, 0.5) is 0 Å². The monoisotopic (exact) mass is 237 g/mol. The van der Waals surface area contributed by atoms with Gasteiger partial charge in [0.25, 0.3) is 0 Å². The number of rotatable bonds is 5. The lowest BCUT2D eigenvalue weighted by Gasteiger charge is -2.22. The number of hydrogen-bond donors (Lipinski definition) is 2. The predicted molar refractivity (Wildman–Crippen MR) is 65.7 cm³/mol. The van der Waals surface area contributed by atoms with Crippen LogP contribution in [0.3, 0.4) is 0 Å². The molecule has 0 aliphatic rings. The number of benzene rings is 1. The number of carbonyl (C=O) groups is 1. The number of hydrogen-bond acceptors (Lipinski definition) is 3. The fourth-order valence-corrected chi connectivity index (χ4v) is 1.33. The molecule has 4 heteroatoms. The van der Waals surface area contributed by atoms with Crippen LogP contribution in [-0.2, 0) is 9.53 Å². The third-order valence-electron chi connectivity index (χ3n) is 2.17. The summed E-state index contributed by atoms with van der Waals surface area (Å²) >= 11 is 0. The molecule has 0 aromatic heterocycles. The minimum absolute atomic E-state index is 0.204. The fourth-order valence-electron chi connectivity index (χ4n) is 1.33. The van der Waals surface area contributed by atoms with E-state index in [1.54, 1.807) is 12.1 Å². The summed E-state index contributed by atoms with van der Waals surface area (Å²) in [7, 11) is 0. The van der Waals surface area contributed by atoms with Gasteiger partial charge in [0.05, 0.1) is 12.3 Å². The SMILES string of the molecule is CC(C)(C)OCN[C@H](C(=O)O)c1ccccc1. The van der Waals surface area contributed by atoms with E-state index in [1.807, 2.05) is 39.0 Å². The van der Waals surface area contributed by atoms with Crippen LogP contribution in [0.5, 0.6) is 0 Å². The van der Waals surface area contributed by atoms with Crippen LogP contribution < -0.4 is 5.32 Å². The highest BCUT2D eigenvalue weighted by molar-refractivity contribution is 5.75. The lowest BCUT2D eigenvalue weighted by molar-refractivity contribution is -0.140. The van der Waals surface area contributed by atoms with Gasteiger partial charge in [-0.25, -0.2) is 0 Å². The molecule has 94 valence electrons. The van der Waals surface area contributed by atoms with Crippen LogP contribution in [0.2, 0.25) is 0 Å². The lowest BCUT2D eigenvalue weighted by atomic mass is 10.1. The van der Waals surface area contributed by atoms with Crippen molar-refractivity contribution in [2.24, 2.45) is 0 Å². The van der Waals surface area contributed by atoms with Gasteiger partial charge in [0.1, 0.15) is 6.04 Å².